The molecule has 1 amide bonds. The second-order valence-corrected chi connectivity index (χ2v) is 8.34. The topological polar surface area (TPSA) is 70.8 Å². The van der Waals surface area contributed by atoms with Crippen molar-refractivity contribution in [3.8, 4) is 0 Å². The predicted molar refractivity (Wildman–Crippen MR) is 93.2 cm³/mol. The molecule has 1 aliphatic carbocycles. The number of sulfonamides is 1. The third-order valence-corrected chi connectivity index (χ3v) is 6.23. The highest BCUT2D eigenvalue weighted by Gasteiger charge is 2.38. The molecule has 0 aliphatic heterocycles. The number of hydrogen-bond acceptors (Lipinski definition) is 4. The highest BCUT2D eigenvalue weighted by atomic mass is 32.2. The summed E-state index contributed by atoms with van der Waals surface area (Å²) in [6.45, 7) is 1.71. The molecule has 0 spiro atoms. The Kier molecular flexibility index (Phi) is 4.96. The van der Waals surface area contributed by atoms with Crippen LogP contribution in [0.15, 0.2) is 58.0 Å². The zero-order chi connectivity index (χ0) is 18.0. The first-order valence-corrected chi connectivity index (χ1v) is 9.71. The molecule has 7 heteroatoms. The minimum Gasteiger partial charge on any atom is -0.467 e. The lowest BCUT2D eigenvalue weighted by atomic mass is 10.2. The van der Waals surface area contributed by atoms with Gasteiger partial charge in [0.25, 0.3) is 0 Å². The van der Waals surface area contributed by atoms with Gasteiger partial charge in [0.1, 0.15) is 5.76 Å². The molecule has 0 saturated heterocycles. The highest BCUT2D eigenvalue weighted by Crippen LogP contribution is 2.34. The molecule has 0 bridgehead atoms. The Morgan fingerprint density at radius 3 is 2.44 bits per heavy atom. The summed E-state index contributed by atoms with van der Waals surface area (Å²) in [5.74, 6) is 0.488. The van der Waals surface area contributed by atoms with E-state index in [1.165, 1.54) is 19.2 Å². The van der Waals surface area contributed by atoms with Gasteiger partial charge in [0.2, 0.25) is 15.9 Å². The average molecular weight is 362 g/mol. The summed E-state index contributed by atoms with van der Waals surface area (Å²) in [5.41, 5.74) is 0. The van der Waals surface area contributed by atoms with Crippen LogP contribution in [0.25, 0.3) is 0 Å². The molecule has 1 fully saturated rings. The van der Waals surface area contributed by atoms with Gasteiger partial charge in [-0.25, -0.2) is 8.42 Å². The first-order valence-electron chi connectivity index (χ1n) is 8.27. The summed E-state index contributed by atoms with van der Waals surface area (Å²) in [7, 11) is -2.26. The first-order chi connectivity index (χ1) is 11.9. The van der Waals surface area contributed by atoms with Gasteiger partial charge in [-0.2, -0.15) is 4.31 Å². The number of carbonyl (C=O) groups is 1. The second kappa shape index (κ2) is 7.01. The molecule has 3 rings (SSSR count). The number of benzene rings is 1. The van der Waals surface area contributed by atoms with E-state index >= 15 is 0 Å². The Labute approximate surface area is 148 Å². The molecule has 6 nitrogen and oxygen atoms in total. The molecule has 1 atom stereocenters. The quantitative estimate of drug-likeness (QED) is 0.759. The van der Waals surface area contributed by atoms with Crippen molar-refractivity contribution in [3.63, 3.8) is 0 Å². The fraction of sp³-hybridized carbons (Fsp3) is 0.389. The molecule has 1 aromatic carbocycles. The van der Waals surface area contributed by atoms with Crippen molar-refractivity contribution in [2.75, 3.05) is 13.6 Å². The Bertz CT molecular complexity index is 814. The summed E-state index contributed by atoms with van der Waals surface area (Å²) in [5, 5.41) is 0. The lowest BCUT2D eigenvalue weighted by molar-refractivity contribution is -0.134. The minimum absolute atomic E-state index is 0.153. The average Bonchev–Trinajstić information content (AvgIpc) is 3.26. The summed E-state index contributed by atoms with van der Waals surface area (Å²) in [4.78, 5) is 14.8. The van der Waals surface area contributed by atoms with Crippen LogP contribution >= 0.6 is 0 Å². The number of nitrogens with zero attached hydrogens (tertiary/aromatic N) is 2. The maximum Gasteiger partial charge on any atom is 0.243 e. The van der Waals surface area contributed by atoms with Gasteiger partial charge < -0.3 is 9.32 Å². The van der Waals surface area contributed by atoms with Crippen LogP contribution < -0.4 is 0 Å². The number of rotatable bonds is 7. The molecule has 0 radical (unpaired) electrons. The SMILES string of the molecule is C[C@H](c1ccco1)N(C(=O)CN(C)S(=O)(=O)c1ccccc1)C1CC1. The largest absolute Gasteiger partial charge is 0.467 e. The molecule has 134 valence electrons. The predicted octanol–water partition coefficient (Wildman–Crippen LogP) is 2.65. The summed E-state index contributed by atoms with van der Waals surface area (Å²) >= 11 is 0. The van der Waals surface area contributed by atoms with Crippen LogP contribution in [0.2, 0.25) is 0 Å². The standard InChI is InChI=1S/C18H22N2O4S/c1-14(17-9-6-12-24-17)20(15-10-11-15)18(21)13-19(2)25(22,23)16-7-4-3-5-8-16/h3-9,12,14-15H,10-11,13H2,1-2H3/t14-/m1/s1. The lowest BCUT2D eigenvalue weighted by Gasteiger charge is -2.29. The second-order valence-electron chi connectivity index (χ2n) is 6.30. The van der Waals surface area contributed by atoms with Gasteiger partial charge in [-0.15, -0.1) is 0 Å². The first kappa shape index (κ1) is 17.7. The van der Waals surface area contributed by atoms with E-state index in [4.69, 9.17) is 4.42 Å². The van der Waals surface area contributed by atoms with Crippen molar-refractivity contribution in [3.05, 3.63) is 54.5 Å². The normalized spacial score (nSPS) is 16.0. The van der Waals surface area contributed by atoms with Crippen LogP contribution in [0.4, 0.5) is 0 Å². The van der Waals surface area contributed by atoms with E-state index in [0.717, 1.165) is 17.1 Å². The Hall–Kier alpha value is -2.12. The monoisotopic (exact) mass is 362 g/mol. The van der Waals surface area contributed by atoms with E-state index in [1.807, 2.05) is 13.0 Å². The number of hydrogen-bond donors (Lipinski definition) is 0. The van der Waals surface area contributed by atoms with Crippen molar-refractivity contribution in [2.24, 2.45) is 0 Å². The Balaban J connectivity index is 1.75. The summed E-state index contributed by atoms with van der Waals surface area (Å²) in [6.07, 6.45) is 3.45. The molecule has 25 heavy (non-hydrogen) atoms. The Morgan fingerprint density at radius 1 is 1.20 bits per heavy atom. The zero-order valence-electron chi connectivity index (χ0n) is 14.3. The van der Waals surface area contributed by atoms with Gasteiger partial charge >= 0.3 is 0 Å². The molecule has 0 N–H and O–H groups in total. The van der Waals surface area contributed by atoms with Crippen molar-refractivity contribution >= 4 is 15.9 Å². The summed E-state index contributed by atoms with van der Waals surface area (Å²) < 4.78 is 31.7. The minimum atomic E-state index is -3.69. The van der Waals surface area contributed by atoms with E-state index in [9.17, 15) is 13.2 Å². The van der Waals surface area contributed by atoms with Gasteiger partial charge in [-0.1, -0.05) is 18.2 Å². The number of carbonyl (C=O) groups excluding carboxylic acids is 1. The van der Waals surface area contributed by atoms with Crippen LogP contribution in [-0.2, 0) is 14.8 Å². The van der Waals surface area contributed by atoms with Crippen molar-refractivity contribution in [1.29, 1.82) is 0 Å². The van der Waals surface area contributed by atoms with Crippen molar-refractivity contribution < 1.29 is 17.6 Å². The van der Waals surface area contributed by atoms with E-state index in [-0.39, 0.29) is 29.4 Å². The molecule has 1 aliphatic rings. The van der Waals surface area contributed by atoms with Gasteiger partial charge in [0.05, 0.1) is 23.7 Å². The van der Waals surface area contributed by atoms with Crippen molar-refractivity contribution in [1.82, 2.24) is 9.21 Å². The molecule has 0 unspecified atom stereocenters. The molecule has 2 aromatic rings. The van der Waals surface area contributed by atoms with Crippen molar-refractivity contribution in [2.45, 2.75) is 36.7 Å². The maximum atomic E-state index is 12.8. The summed E-state index contributed by atoms with van der Waals surface area (Å²) in [6, 6.07) is 11.7. The van der Waals surface area contributed by atoms with E-state index in [2.05, 4.69) is 0 Å². The third kappa shape index (κ3) is 3.77. The molecule has 1 aromatic heterocycles. The maximum absolute atomic E-state index is 12.8. The van der Waals surface area contributed by atoms with Crippen LogP contribution in [0, 0.1) is 0 Å². The van der Waals surface area contributed by atoms with Gasteiger partial charge in [0, 0.05) is 13.1 Å². The van der Waals surface area contributed by atoms with Gasteiger partial charge in [-0.3, -0.25) is 4.79 Å². The van der Waals surface area contributed by atoms with Crippen LogP contribution in [-0.4, -0.2) is 43.2 Å². The van der Waals surface area contributed by atoms with Gasteiger partial charge in [-0.05, 0) is 44.0 Å². The molecular weight excluding hydrogens is 340 g/mol. The fourth-order valence-electron chi connectivity index (χ4n) is 2.88. The lowest BCUT2D eigenvalue weighted by Crippen LogP contribution is -2.43. The van der Waals surface area contributed by atoms with Crippen LogP contribution in [0.1, 0.15) is 31.6 Å². The fourth-order valence-corrected chi connectivity index (χ4v) is 4.03. The van der Waals surface area contributed by atoms with Crippen LogP contribution in [0.3, 0.4) is 0 Å². The smallest absolute Gasteiger partial charge is 0.243 e. The Morgan fingerprint density at radius 2 is 1.88 bits per heavy atom. The molecule has 1 heterocycles. The van der Waals surface area contributed by atoms with E-state index in [1.54, 1.807) is 35.4 Å². The van der Waals surface area contributed by atoms with E-state index in [0.29, 0.717) is 5.76 Å². The number of furan rings is 1. The number of likely N-dealkylation sites (N-methyl/N-ethyl adjacent to an activating group) is 1. The zero-order valence-corrected chi connectivity index (χ0v) is 15.1. The van der Waals surface area contributed by atoms with E-state index < -0.39 is 10.0 Å². The molecular formula is C18H22N2O4S. The molecule has 1 saturated carbocycles. The highest BCUT2D eigenvalue weighted by molar-refractivity contribution is 7.89. The van der Waals surface area contributed by atoms with Gasteiger partial charge in [0.15, 0.2) is 0 Å². The van der Waals surface area contributed by atoms with Crippen LogP contribution in [0.5, 0.6) is 0 Å². The number of amides is 1. The third-order valence-electron chi connectivity index (χ3n) is 4.41.